The predicted molar refractivity (Wildman–Crippen MR) is 305 cm³/mol. The maximum atomic E-state index is 14.2. The third-order valence-electron chi connectivity index (χ3n) is 13.6. The lowest BCUT2D eigenvalue weighted by Gasteiger charge is -2.34. The Hall–Kier alpha value is -5.64. The van der Waals surface area contributed by atoms with Crippen molar-refractivity contribution in [3.8, 4) is 0 Å². The molecule has 0 aliphatic carbocycles. The smallest absolute Gasteiger partial charge is 0.246 e. The lowest BCUT2D eigenvalue weighted by Crippen LogP contribution is -2.66. The van der Waals surface area contributed by atoms with Crippen LogP contribution in [-0.4, -0.2) is 167 Å². The monoisotopic (exact) mass is 1120 g/mol. The molecule has 0 saturated carbocycles. The molecule has 1 fully saturated rings. The van der Waals surface area contributed by atoms with Crippen molar-refractivity contribution in [2.24, 2.45) is 35.5 Å². The SMILES string of the molecule is CC[C@@H](C)/C=C/C(=O)N1C[C@@H](C)C[C@H]1C(=O)N[C@@H](CC(C)C)C(=O)NC(C(=O)NC(C)(C)C(=O)NC(CC(C)C)C(=O)N[C@@H](CC(C)C)C(=O)NC(C)(C)C(=O)NC(C)(C)C(=O)NCCC(=O)N[C@@H](C)CN(C)C)[C@H](O)C(C)C. The van der Waals surface area contributed by atoms with Crippen molar-refractivity contribution in [2.75, 3.05) is 33.7 Å². The predicted octanol–water partition coefficient (Wildman–Crippen LogP) is 2.18. The molecule has 2 unspecified atom stereocenters. The number of allylic oxidation sites excluding steroid dienone is 1. The van der Waals surface area contributed by atoms with Crippen LogP contribution in [0, 0.1) is 35.5 Å². The van der Waals surface area contributed by atoms with Crippen LogP contribution in [0.2, 0.25) is 0 Å². The molecular formula is C57H103N11O11. The number of hydrogen-bond donors (Lipinski definition) is 10. The molecular weight excluding hydrogens is 1010 g/mol. The molecule has 0 aromatic carbocycles. The number of hydrogen-bond acceptors (Lipinski definition) is 12. The van der Waals surface area contributed by atoms with Gasteiger partial charge in [0.05, 0.1) is 6.10 Å². The molecule has 1 rings (SSSR count). The molecule has 22 nitrogen and oxygen atoms in total. The molecule has 10 amide bonds. The first-order valence-electron chi connectivity index (χ1n) is 28.3. The van der Waals surface area contributed by atoms with E-state index in [1.165, 1.54) is 52.5 Å². The molecule has 1 aliphatic heterocycles. The Kier molecular flexibility index (Phi) is 28.9. The quantitative estimate of drug-likeness (QED) is 0.0434. The van der Waals surface area contributed by atoms with E-state index in [9.17, 15) is 53.1 Å². The second-order valence-electron chi connectivity index (χ2n) is 25.4. The molecule has 79 heavy (non-hydrogen) atoms. The van der Waals surface area contributed by atoms with E-state index in [4.69, 9.17) is 0 Å². The summed E-state index contributed by atoms with van der Waals surface area (Å²) in [5.41, 5.74) is -4.82. The highest BCUT2D eigenvalue weighted by Crippen LogP contribution is 2.25. The first kappa shape index (κ1) is 71.4. The van der Waals surface area contributed by atoms with Gasteiger partial charge in [0, 0.05) is 32.1 Å². The van der Waals surface area contributed by atoms with Gasteiger partial charge in [-0.15, -0.1) is 0 Å². The number of likely N-dealkylation sites (N-methyl/N-ethyl adjacent to an activating group) is 1. The van der Waals surface area contributed by atoms with Crippen molar-refractivity contribution in [3.63, 3.8) is 0 Å². The van der Waals surface area contributed by atoms with E-state index in [0.717, 1.165) is 6.42 Å². The molecule has 0 aromatic heterocycles. The van der Waals surface area contributed by atoms with Gasteiger partial charge in [-0.2, -0.15) is 0 Å². The van der Waals surface area contributed by atoms with Crippen LogP contribution in [-0.2, 0) is 47.9 Å². The van der Waals surface area contributed by atoms with Gasteiger partial charge >= 0.3 is 0 Å². The Morgan fingerprint density at radius 1 is 0.620 bits per heavy atom. The molecule has 1 aliphatic rings. The minimum Gasteiger partial charge on any atom is -0.390 e. The summed E-state index contributed by atoms with van der Waals surface area (Å²) in [6, 6.07) is -6.11. The van der Waals surface area contributed by atoms with Gasteiger partial charge in [-0.05, 0) is 130 Å². The normalized spacial score (nSPS) is 17.8. The fraction of sp³-hybridized carbons (Fsp3) is 0.789. The van der Waals surface area contributed by atoms with Gasteiger partial charge in [0.25, 0.3) is 0 Å². The third-order valence-corrected chi connectivity index (χ3v) is 13.6. The van der Waals surface area contributed by atoms with Crippen molar-refractivity contribution in [1.82, 2.24) is 57.7 Å². The number of nitrogens with one attached hydrogen (secondary N) is 9. The number of carbonyl (C=O) groups is 10. The van der Waals surface area contributed by atoms with Crippen LogP contribution >= 0.6 is 0 Å². The molecule has 452 valence electrons. The van der Waals surface area contributed by atoms with Crippen LogP contribution in [0.25, 0.3) is 0 Å². The largest absolute Gasteiger partial charge is 0.390 e. The fourth-order valence-electron chi connectivity index (χ4n) is 8.79. The number of amides is 10. The van der Waals surface area contributed by atoms with Crippen molar-refractivity contribution in [3.05, 3.63) is 12.2 Å². The summed E-state index contributed by atoms with van der Waals surface area (Å²) in [5.74, 6) is -7.00. The summed E-state index contributed by atoms with van der Waals surface area (Å²) >= 11 is 0. The second-order valence-corrected chi connectivity index (χ2v) is 25.4. The van der Waals surface area contributed by atoms with E-state index in [1.807, 2.05) is 94.3 Å². The average Bonchev–Trinajstić information content (AvgIpc) is 3.71. The van der Waals surface area contributed by atoms with E-state index in [-0.39, 0.29) is 79.7 Å². The summed E-state index contributed by atoms with van der Waals surface area (Å²) in [5, 5.41) is 35.9. The number of aliphatic hydroxyl groups excluding tert-OH is 1. The van der Waals surface area contributed by atoms with Crippen LogP contribution in [0.1, 0.15) is 163 Å². The summed E-state index contributed by atoms with van der Waals surface area (Å²) < 4.78 is 0. The van der Waals surface area contributed by atoms with E-state index >= 15 is 0 Å². The molecule has 0 radical (unpaired) electrons. The van der Waals surface area contributed by atoms with E-state index in [0.29, 0.717) is 19.5 Å². The average molecular weight is 1120 g/mol. The first-order chi connectivity index (χ1) is 36.2. The zero-order valence-electron chi connectivity index (χ0n) is 51.4. The van der Waals surface area contributed by atoms with Gasteiger partial charge in [-0.1, -0.05) is 88.7 Å². The Morgan fingerprint density at radius 2 is 1.10 bits per heavy atom. The Labute approximate surface area is 471 Å². The fourth-order valence-corrected chi connectivity index (χ4v) is 8.79. The number of aliphatic hydroxyl groups is 1. The summed E-state index contributed by atoms with van der Waals surface area (Å²) in [7, 11) is 3.78. The van der Waals surface area contributed by atoms with Gasteiger partial charge in [-0.25, -0.2) is 0 Å². The lowest BCUT2D eigenvalue weighted by atomic mass is 9.95. The minimum atomic E-state index is -1.76. The number of rotatable bonds is 32. The Morgan fingerprint density at radius 3 is 1.61 bits per heavy atom. The number of carbonyl (C=O) groups excluding carboxylic acids is 10. The van der Waals surface area contributed by atoms with Gasteiger partial charge < -0.3 is 62.8 Å². The van der Waals surface area contributed by atoms with Crippen molar-refractivity contribution >= 4 is 59.1 Å². The standard InChI is InChI=1S/C57H103N11O11/c1-21-36(10)22-23-44(70)68-30-37(11)29-42(68)50(75)61-39(26-32(2)3)48(73)63-45(46(71)35(8)9)51(76)65-56(15,16)53(78)62-40(27-33(4)5)47(72)60-41(28-34(6)7)49(74)64-57(17,18)54(79)66-55(13,14)52(77)58-25-24-43(69)59-38(12)31-67(19)20/h22-23,32-42,45-46,71H,21,24-31H2,1-20H3,(H,58,77)(H,59,69)(H,60,72)(H,61,75)(H,62,78)(H,63,73)(H,64,74)(H,65,76)(H,66,79)/b23-22+/t36-,37+,38+,39+,40?,41+,42+,45?,46-/m1/s1. The van der Waals surface area contributed by atoms with Gasteiger partial charge in [-0.3, -0.25) is 47.9 Å². The summed E-state index contributed by atoms with van der Waals surface area (Å²) in [4.78, 5) is 141. The number of likely N-dealkylation sites (tertiary alicyclic amines) is 1. The Balaban J connectivity index is 3.28. The topological polar surface area (TPSA) is 306 Å². The van der Waals surface area contributed by atoms with E-state index in [2.05, 4.69) is 47.9 Å². The maximum Gasteiger partial charge on any atom is 0.246 e. The molecule has 1 saturated heterocycles. The van der Waals surface area contributed by atoms with Gasteiger partial charge in [0.2, 0.25) is 59.1 Å². The molecule has 22 heteroatoms. The highest BCUT2D eigenvalue weighted by Gasteiger charge is 2.43. The van der Waals surface area contributed by atoms with E-state index in [1.54, 1.807) is 13.8 Å². The first-order valence-corrected chi connectivity index (χ1v) is 28.3. The molecule has 9 atom stereocenters. The molecule has 10 N–H and O–H groups in total. The summed E-state index contributed by atoms with van der Waals surface area (Å²) in [6.45, 7) is 31.8. The van der Waals surface area contributed by atoms with Crippen LogP contribution in [0.15, 0.2) is 12.2 Å². The van der Waals surface area contributed by atoms with Crippen LogP contribution < -0.4 is 47.9 Å². The van der Waals surface area contributed by atoms with E-state index < -0.39 is 106 Å². The highest BCUT2D eigenvalue weighted by atomic mass is 16.3. The molecule has 0 aromatic rings. The second kappa shape index (κ2) is 32.0. The van der Waals surface area contributed by atoms with Crippen LogP contribution in [0.3, 0.4) is 0 Å². The number of nitrogens with zero attached hydrogens (tertiary/aromatic N) is 2. The van der Waals surface area contributed by atoms with Crippen LogP contribution in [0.4, 0.5) is 0 Å². The van der Waals surface area contributed by atoms with Crippen molar-refractivity contribution < 1.29 is 53.1 Å². The zero-order valence-corrected chi connectivity index (χ0v) is 51.4. The van der Waals surface area contributed by atoms with Crippen molar-refractivity contribution in [2.45, 2.75) is 222 Å². The summed E-state index contributed by atoms with van der Waals surface area (Å²) in [6.07, 6.45) is 3.49. The maximum absolute atomic E-state index is 14.2. The highest BCUT2D eigenvalue weighted by molar-refractivity contribution is 6.00. The Bertz CT molecular complexity index is 2120. The third kappa shape index (κ3) is 24.7. The van der Waals surface area contributed by atoms with Gasteiger partial charge in [0.15, 0.2) is 0 Å². The minimum absolute atomic E-state index is 0.0200. The molecule has 0 bridgehead atoms. The van der Waals surface area contributed by atoms with Gasteiger partial charge in [0.1, 0.15) is 46.8 Å². The van der Waals surface area contributed by atoms with Crippen molar-refractivity contribution in [1.29, 1.82) is 0 Å². The zero-order chi connectivity index (χ0) is 61.1. The molecule has 0 spiro atoms. The lowest BCUT2D eigenvalue weighted by molar-refractivity contribution is -0.140. The molecule has 1 heterocycles. The van der Waals surface area contributed by atoms with Crippen LogP contribution in [0.5, 0.6) is 0 Å².